The molecule has 0 spiro atoms. The SMILES string of the molecule is Cn1cc(-n2ccc3nc(Nc4cc(C(=O)NC5CCOC5)cs4)nc(O[C@@H]4CCOC4)c32)cn1. The van der Waals surface area contributed by atoms with Gasteiger partial charge in [0.15, 0.2) is 0 Å². The zero-order valence-corrected chi connectivity index (χ0v) is 20.0. The summed E-state index contributed by atoms with van der Waals surface area (Å²) in [6, 6.07) is 3.78. The molecule has 0 aromatic carbocycles. The van der Waals surface area contributed by atoms with Crippen LogP contribution in [0.5, 0.6) is 5.88 Å². The lowest BCUT2D eigenvalue weighted by Gasteiger charge is -2.14. The van der Waals surface area contributed by atoms with Gasteiger partial charge in [0.1, 0.15) is 11.6 Å². The number of aromatic nitrogens is 5. The van der Waals surface area contributed by atoms with Gasteiger partial charge in [-0.3, -0.25) is 9.48 Å². The fourth-order valence-electron chi connectivity index (χ4n) is 4.21. The summed E-state index contributed by atoms with van der Waals surface area (Å²) < 4.78 is 20.8. The average Bonchev–Trinajstić information content (AvgIpc) is 3.65. The topological polar surface area (TPSA) is 117 Å². The van der Waals surface area contributed by atoms with Crippen molar-refractivity contribution in [3.05, 3.63) is 41.7 Å². The van der Waals surface area contributed by atoms with E-state index in [4.69, 9.17) is 24.2 Å². The molecule has 1 amide bonds. The number of anilines is 2. The van der Waals surface area contributed by atoms with Crippen molar-refractivity contribution < 1.29 is 19.0 Å². The Hall–Kier alpha value is -3.48. The van der Waals surface area contributed by atoms with Crippen LogP contribution in [0, 0.1) is 0 Å². The second kappa shape index (κ2) is 9.29. The van der Waals surface area contributed by atoms with E-state index in [2.05, 4.69) is 15.7 Å². The third-order valence-corrected chi connectivity index (χ3v) is 6.84. The van der Waals surface area contributed by atoms with E-state index in [9.17, 15) is 4.79 Å². The van der Waals surface area contributed by atoms with E-state index in [0.717, 1.165) is 34.6 Å². The summed E-state index contributed by atoms with van der Waals surface area (Å²) in [5.74, 6) is 0.755. The number of nitrogens with one attached hydrogen (secondary N) is 2. The van der Waals surface area contributed by atoms with Crippen LogP contribution in [0.3, 0.4) is 0 Å². The lowest BCUT2D eigenvalue weighted by atomic mass is 10.2. The molecule has 2 aliphatic rings. The smallest absolute Gasteiger partial charge is 0.252 e. The van der Waals surface area contributed by atoms with Gasteiger partial charge in [-0.1, -0.05) is 0 Å². The Balaban J connectivity index is 1.28. The Labute approximate surface area is 205 Å². The number of hydrogen-bond donors (Lipinski definition) is 2. The lowest BCUT2D eigenvalue weighted by Crippen LogP contribution is -2.34. The second-order valence-electron chi connectivity index (χ2n) is 8.61. The highest BCUT2D eigenvalue weighted by Crippen LogP contribution is 2.31. The van der Waals surface area contributed by atoms with Crippen LogP contribution >= 0.6 is 11.3 Å². The van der Waals surface area contributed by atoms with Gasteiger partial charge in [0.25, 0.3) is 5.91 Å². The third kappa shape index (κ3) is 4.59. The summed E-state index contributed by atoms with van der Waals surface area (Å²) in [4.78, 5) is 22.0. The van der Waals surface area contributed by atoms with Crippen molar-refractivity contribution in [1.82, 2.24) is 29.6 Å². The molecular formula is C23H25N7O4S. The molecule has 2 N–H and O–H groups in total. The number of carbonyl (C=O) groups is 1. The summed E-state index contributed by atoms with van der Waals surface area (Å²) >= 11 is 1.42. The van der Waals surface area contributed by atoms with E-state index < -0.39 is 0 Å². The van der Waals surface area contributed by atoms with Crippen molar-refractivity contribution in [3.63, 3.8) is 0 Å². The third-order valence-electron chi connectivity index (χ3n) is 6.00. The minimum atomic E-state index is -0.111. The molecule has 1 unspecified atom stereocenters. The summed E-state index contributed by atoms with van der Waals surface area (Å²) in [5.41, 5.74) is 2.98. The predicted molar refractivity (Wildman–Crippen MR) is 130 cm³/mol. The Kier molecular flexibility index (Phi) is 5.84. The first-order valence-corrected chi connectivity index (χ1v) is 12.4. The second-order valence-corrected chi connectivity index (χ2v) is 9.52. The molecule has 12 heteroatoms. The number of thiophene rings is 1. The van der Waals surface area contributed by atoms with Crippen molar-refractivity contribution in [2.24, 2.45) is 7.05 Å². The molecule has 2 aliphatic heterocycles. The van der Waals surface area contributed by atoms with Crippen molar-refractivity contribution >= 4 is 39.2 Å². The van der Waals surface area contributed by atoms with E-state index in [-0.39, 0.29) is 18.1 Å². The fourth-order valence-corrected chi connectivity index (χ4v) is 4.99. The first kappa shape index (κ1) is 22.0. The van der Waals surface area contributed by atoms with Gasteiger partial charge in [-0.25, -0.2) is 4.98 Å². The monoisotopic (exact) mass is 495 g/mol. The van der Waals surface area contributed by atoms with Crippen LogP contribution in [-0.4, -0.2) is 68.8 Å². The van der Waals surface area contributed by atoms with E-state index in [0.29, 0.717) is 43.8 Å². The number of amides is 1. The number of hydrogen-bond acceptors (Lipinski definition) is 9. The summed E-state index contributed by atoms with van der Waals surface area (Å²) in [7, 11) is 1.87. The maximum Gasteiger partial charge on any atom is 0.252 e. The Bertz CT molecular complexity index is 1350. The molecule has 4 aromatic heterocycles. The minimum Gasteiger partial charge on any atom is -0.470 e. The Morgan fingerprint density at radius 1 is 1.23 bits per heavy atom. The van der Waals surface area contributed by atoms with Crippen molar-refractivity contribution in [2.75, 3.05) is 31.7 Å². The van der Waals surface area contributed by atoms with Crippen LogP contribution in [0.2, 0.25) is 0 Å². The summed E-state index contributed by atoms with van der Waals surface area (Å²) in [5, 5.41) is 13.1. The first-order chi connectivity index (χ1) is 17.1. The maximum absolute atomic E-state index is 12.6. The van der Waals surface area contributed by atoms with Gasteiger partial charge in [-0.15, -0.1) is 11.3 Å². The van der Waals surface area contributed by atoms with Gasteiger partial charge < -0.3 is 29.4 Å². The predicted octanol–water partition coefficient (Wildman–Crippen LogP) is 2.65. The number of nitrogens with zero attached hydrogens (tertiary/aromatic N) is 5. The molecule has 6 rings (SSSR count). The molecule has 2 fully saturated rings. The highest BCUT2D eigenvalue weighted by atomic mass is 32.1. The van der Waals surface area contributed by atoms with Crippen LogP contribution in [0.4, 0.5) is 10.9 Å². The van der Waals surface area contributed by atoms with E-state index in [1.165, 1.54) is 11.3 Å². The van der Waals surface area contributed by atoms with Crippen molar-refractivity contribution in [1.29, 1.82) is 0 Å². The number of fused-ring (bicyclic) bond motifs is 1. The van der Waals surface area contributed by atoms with Gasteiger partial charge >= 0.3 is 0 Å². The van der Waals surface area contributed by atoms with Gasteiger partial charge in [0.2, 0.25) is 11.8 Å². The molecule has 182 valence electrons. The zero-order chi connectivity index (χ0) is 23.8. The molecule has 35 heavy (non-hydrogen) atoms. The van der Waals surface area contributed by atoms with Gasteiger partial charge in [-0.2, -0.15) is 10.1 Å². The molecule has 2 atom stereocenters. The zero-order valence-electron chi connectivity index (χ0n) is 19.1. The minimum absolute atomic E-state index is 0.0627. The normalized spacial score (nSPS) is 19.9. The average molecular weight is 496 g/mol. The molecule has 2 saturated heterocycles. The van der Waals surface area contributed by atoms with Crippen LogP contribution in [0.25, 0.3) is 16.7 Å². The molecule has 6 heterocycles. The number of ether oxygens (including phenoxy) is 3. The number of carbonyl (C=O) groups excluding carboxylic acids is 1. The Morgan fingerprint density at radius 3 is 2.89 bits per heavy atom. The van der Waals surface area contributed by atoms with E-state index in [1.807, 2.05) is 35.5 Å². The Morgan fingerprint density at radius 2 is 2.11 bits per heavy atom. The first-order valence-electron chi connectivity index (χ1n) is 11.5. The van der Waals surface area contributed by atoms with Crippen LogP contribution in [-0.2, 0) is 16.5 Å². The number of aryl methyl sites for hydroxylation is 1. The molecule has 0 radical (unpaired) electrons. The van der Waals surface area contributed by atoms with Gasteiger partial charge in [-0.05, 0) is 18.6 Å². The standard InChI is InChI=1S/C23H25N7O4S/c1-29-10-16(9-24-29)30-5-2-18-20(30)22(34-17-4-7-33-12-17)28-23(26-18)27-19-8-14(13-35-19)21(31)25-15-3-6-32-11-15/h2,5,8-10,13,15,17H,3-4,6-7,11-12H2,1H3,(H,25,31)(H,26,27,28)/t15?,17-/m1/s1. The van der Waals surface area contributed by atoms with Gasteiger partial charge in [0, 0.05) is 37.8 Å². The van der Waals surface area contributed by atoms with Crippen LogP contribution in [0.15, 0.2) is 36.1 Å². The molecule has 0 bridgehead atoms. The molecular weight excluding hydrogens is 470 g/mol. The van der Waals surface area contributed by atoms with Crippen molar-refractivity contribution in [3.8, 4) is 11.6 Å². The van der Waals surface area contributed by atoms with Crippen LogP contribution in [0.1, 0.15) is 23.2 Å². The highest BCUT2D eigenvalue weighted by Gasteiger charge is 2.23. The molecule has 0 saturated carbocycles. The molecule has 4 aromatic rings. The van der Waals surface area contributed by atoms with Crippen LogP contribution < -0.4 is 15.4 Å². The largest absolute Gasteiger partial charge is 0.470 e. The van der Waals surface area contributed by atoms with E-state index in [1.54, 1.807) is 16.9 Å². The molecule has 11 nitrogen and oxygen atoms in total. The highest BCUT2D eigenvalue weighted by molar-refractivity contribution is 7.14. The van der Waals surface area contributed by atoms with E-state index >= 15 is 0 Å². The van der Waals surface area contributed by atoms with Crippen molar-refractivity contribution in [2.45, 2.75) is 25.0 Å². The fraction of sp³-hybridized carbons (Fsp3) is 0.391. The molecule has 0 aliphatic carbocycles. The quantitative estimate of drug-likeness (QED) is 0.402. The van der Waals surface area contributed by atoms with Gasteiger partial charge in [0.05, 0.1) is 53.8 Å². The number of rotatable bonds is 7. The summed E-state index contributed by atoms with van der Waals surface area (Å²) in [6.45, 7) is 2.43. The maximum atomic E-state index is 12.6. The summed E-state index contributed by atoms with van der Waals surface area (Å²) in [6.07, 6.45) is 7.20. The lowest BCUT2D eigenvalue weighted by molar-refractivity contribution is 0.0930.